The number of rotatable bonds is 4. The van der Waals surface area contributed by atoms with Crippen molar-refractivity contribution in [3.05, 3.63) is 35.9 Å². The van der Waals surface area contributed by atoms with E-state index >= 15 is 0 Å². The fourth-order valence-corrected chi connectivity index (χ4v) is 3.44. The molecule has 122 valence electrons. The summed E-state index contributed by atoms with van der Waals surface area (Å²) in [6.45, 7) is 6.87. The third kappa shape index (κ3) is 3.17. The average Bonchev–Trinajstić information content (AvgIpc) is 3.15. The quantitative estimate of drug-likeness (QED) is 0.860. The lowest BCUT2D eigenvalue weighted by atomic mass is 10.00. The van der Waals surface area contributed by atoms with E-state index in [-0.39, 0.29) is 0 Å². The summed E-state index contributed by atoms with van der Waals surface area (Å²) < 4.78 is 13.0. The van der Waals surface area contributed by atoms with Crippen LogP contribution in [0.25, 0.3) is 0 Å². The molecule has 0 saturated heterocycles. The highest BCUT2D eigenvalue weighted by atomic mass is 16.7. The van der Waals surface area contributed by atoms with Crippen molar-refractivity contribution >= 4 is 0 Å². The van der Waals surface area contributed by atoms with Crippen molar-refractivity contribution in [1.82, 2.24) is 19.7 Å². The van der Waals surface area contributed by atoms with Gasteiger partial charge in [0.1, 0.15) is 12.2 Å². The molecule has 2 aromatic rings. The largest absolute Gasteiger partial charge is 0.454 e. The van der Waals surface area contributed by atoms with Gasteiger partial charge in [-0.15, -0.1) is 10.2 Å². The van der Waals surface area contributed by atoms with E-state index in [1.807, 2.05) is 12.4 Å². The van der Waals surface area contributed by atoms with Gasteiger partial charge in [-0.3, -0.25) is 0 Å². The van der Waals surface area contributed by atoms with Crippen molar-refractivity contribution in [2.24, 2.45) is 5.92 Å². The Bertz CT molecular complexity index is 662. The second-order valence-electron chi connectivity index (χ2n) is 6.49. The molecular weight excluding hydrogens is 292 g/mol. The van der Waals surface area contributed by atoms with Crippen LogP contribution < -0.4 is 9.47 Å². The van der Waals surface area contributed by atoms with Crippen LogP contribution >= 0.6 is 0 Å². The van der Waals surface area contributed by atoms with E-state index in [0.717, 1.165) is 56.3 Å². The van der Waals surface area contributed by atoms with Crippen LogP contribution in [0.4, 0.5) is 0 Å². The summed E-state index contributed by atoms with van der Waals surface area (Å²) in [7, 11) is 0. The molecule has 6 nitrogen and oxygen atoms in total. The van der Waals surface area contributed by atoms with Gasteiger partial charge in [-0.2, -0.15) is 0 Å². The summed E-state index contributed by atoms with van der Waals surface area (Å²) in [5.74, 6) is 3.44. The zero-order chi connectivity index (χ0) is 15.6. The Labute approximate surface area is 136 Å². The minimum Gasteiger partial charge on any atom is -0.454 e. The molecule has 0 fully saturated rings. The van der Waals surface area contributed by atoms with Crippen LogP contribution in [0, 0.1) is 5.92 Å². The predicted molar refractivity (Wildman–Crippen MR) is 85.6 cm³/mol. The summed E-state index contributed by atoms with van der Waals surface area (Å²) >= 11 is 0. The summed E-state index contributed by atoms with van der Waals surface area (Å²) in [6, 6.07) is 6.28. The summed E-state index contributed by atoms with van der Waals surface area (Å²) in [6.07, 6.45) is 3.88. The Morgan fingerprint density at radius 1 is 1.17 bits per heavy atom. The fourth-order valence-electron chi connectivity index (χ4n) is 3.44. The SMILES string of the molecule is C[C@H](Cc1ccc2c(c1)OCO2)CN1CCc2nncn2CC1. The van der Waals surface area contributed by atoms with Crippen molar-refractivity contribution < 1.29 is 9.47 Å². The molecule has 4 rings (SSSR count). The summed E-state index contributed by atoms with van der Waals surface area (Å²) in [5, 5.41) is 8.18. The highest BCUT2D eigenvalue weighted by Gasteiger charge is 2.18. The predicted octanol–water partition coefficient (Wildman–Crippen LogP) is 1.74. The average molecular weight is 314 g/mol. The Kier molecular flexibility index (Phi) is 3.91. The van der Waals surface area contributed by atoms with Crippen LogP contribution in [0.2, 0.25) is 0 Å². The molecule has 0 amide bonds. The smallest absolute Gasteiger partial charge is 0.231 e. The van der Waals surface area contributed by atoms with E-state index in [4.69, 9.17) is 9.47 Å². The lowest BCUT2D eigenvalue weighted by Crippen LogP contribution is -2.32. The van der Waals surface area contributed by atoms with Gasteiger partial charge in [0, 0.05) is 32.6 Å². The van der Waals surface area contributed by atoms with Crippen LogP contribution in [0.3, 0.4) is 0 Å². The maximum atomic E-state index is 5.47. The first-order valence-corrected chi connectivity index (χ1v) is 8.25. The molecule has 0 aliphatic carbocycles. The van der Waals surface area contributed by atoms with E-state index in [1.165, 1.54) is 5.56 Å². The second kappa shape index (κ2) is 6.20. The maximum absolute atomic E-state index is 5.47. The molecule has 2 aliphatic heterocycles. The molecule has 1 aromatic carbocycles. The number of fused-ring (bicyclic) bond motifs is 2. The second-order valence-corrected chi connectivity index (χ2v) is 6.49. The number of hydrogen-bond acceptors (Lipinski definition) is 5. The minimum absolute atomic E-state index is 0.339. The number of hydrogen-bond donors (Lipinski definition) is 0. The number of nitrogens with zero attached hydrogens (tertiary/aromatic N) is 4. The van der Waals surface area contributed by atoms with Crippen LogP contribution in [-0.2, 0) is 19.4 Å². The molecule has 0 N–H and O–H groups in total. The van der Waals surface area contributed by atoms with E-state index in [2.05, 4.69) is 38.7 Å². The van der Waals surface area contributed by atoms with Gasteiger partial charge in [-0.25, -0.2) is 0 Å². The van der Waals surface area contributed by atoms with Crippen molar-refractivity contribution in [1.29, 1.82) is 0 Å². The zero-order valence-corrected chi connectivity index (χ0v) is 13.4. The molecule has 0 saturated carbocycles. The van der Waals surface area contributed by atoms with Crippen LogP contribution in [-0.4, -0.2) is 46.1 Å². The summed E-state index contributed by atoms with van der Waals surface area (Å²) in [5.41, 5.74) is 1.31. The highest BCUT2D eigenvalue weighted by molar-refractivity contribution is 5.44. The van der Waals surface area contributed by atoms with Crippen LogP contribution in [0.5, 0.6) is 11.5 Å². The third-order valence-corrected chi connectivity index (χ3v) is 4.60. The first-order chi connectivity index (χ1) is 11.3. The molecule has 3 heterocycles. The number of aromatic nitrogens is 3. The van der Waals surface area contributed by atoms with Gasteiger partial charge in [0.2, 0.25) is 6.79 Å². The van der Waals surface area contributed by atoms with Gasteiger partial charge >= 0.3 is 0 Å². The maximum Gasteiger partial charge on any atom is 0.231 e. The minimum atomic E-state index is 0.339. The number of ether oxygens (including phenoxy) is 2. The molecular formula is C17H22N4O2. The van der Waals surface area contributed by atoms with Crippen molar-refractivity contribution in [2.75, 3.05) is 26.4 Å². The molecule has 1 atom stereocenters. The Hall–Kier alpha value is -2.08. The molecule has 0 radical (unpaired) electrons. The normalized spacial score (nSPS) is 18.5. The van der Waals surface area contributed by atoms with Gasteiger partial charge in [0.05, 0.1) is 0 Å². The van der Waals surface area contributed by atoms with Crippen LogP contribution in [0.1, 0.15) is 18.3 Å². The van der Waals surface area contributed by atoms with Gasteiger partial charge in [-0.1, -0.05) is 13.0 Å². The number of benzene rings is 1. The molecule has 1 aromatic heterocycles. The van der Waals surface area contributed by atoms with Gasteiger partial charge in [-0.05, 0) is 30.0 Å². The molecule has 2 aliphatic rings. The fraction of sp³-hybridized carbons (Fsp3) is 0.529. The van der Waals surface area contributed by atoms with Crippen LogP contribution in [0.15, 0.2) is 24.5 Å². The molecule has 0 bridgehead atoms. The van der Waals surface area contributed by atoms with Gasteiger partial charge < -0.3 is 18.9 Å². The van der Waals surface area contributed by atoms with E-state index < -0.39 is 0 Å². The van der Waals surface area contributed by atoms with Crippen molar-refractivity contribution in [3.63, 3.8) is 0 Å². The zero-order valence-electron chi connectivity index (χ0n) is 13.4. The molecule has 23 heavy (non-hydrogen) atoms. The third-order valence-electron chi connectivity index (χ3n) is 4.60. The lowest BCUT2D eigenvalue weighted by Gasteiger charge is -2.23. The Morgan fingerprint density at radius 3 is 3.04 bits per heavy atom. The molecule has 6 heteroatoms. The van der Waals surface area contributed by atoms with E-state index in [0.29, 0.717) is 12.7 Å². The Morgan fingerprint density at radius 2 is 2.09 bits per heavy atom. The Balaban J connectivity index is 1.33. The van der Waals surface area contributed by atoms with E-state index in [9.17, 15) is 0 Å². The van der Waals surface area contributed by atoms with E-state index in [1.54, 1.807) is 0 Å². The first kappa shape index (κ1) is 14.5. The van der Waals surface area contributed by atoms with Crippen molar-refractivity contribution in [2.45, 2.75) is 26.3 Å². The standard InChI is InChI=1S/C17H22N4O2/c1-13(8-14-2-3-15-16(9-14)23-12-22-15)10-20-5-4-17-19-18-11-21(17)7-6-20/h2-3,9,11,13H,4-8,10,12H2,1H3/t13-/m1/s1. The first-order valence-electron chi connectivity index (χ1n) is 8.25. The molecule has 0 spiro atoms. The summed E-state index contributed by atoms with van der Waals surface area (Å²) in [4.78, 5) is 2.53. The van der Waals surface area contributed by atoms with Crippen molar-refractivity contribution in [3.8, 4) is 11.5 Å². The lowest BCUT2D eigenvalue weighted by molar-refractivity contribution is 0.174. The van der Waals surface area contributed by atoms with Gasteiger partial charge in [0.25, 0.3) is 0 Å². The highest BCUT2D eigenvalue weighted by Crippen LogP contribution is 2.33. The molecule has 0 unspecified atom stereocenters. The topological polar surface area (TPSA) is 52.4 Å². The monoisotopic (exact) mass is 314 g/mol. The van der Waals surface area contributed by atoms with Gasteiger partial charge in [0.15, 0.2) is 11.5 Å².